The second-order valence-corrected chi connectivity index (χ2v) is 5.51. The number of ether oxygens (including phenoxy) is 3. The second-order valence-electron chi connectivity index (χ2n) is 5.51. The van der Waals surface area contributed by atoms with Crippen molar-refractivity contribution in [3.63, 3.8) is 0 Å². The number of aliphatic hydroxyl groups excluding tert-OH is 3. The van der Waals surface area contributed by atoms with E-state index in [0.29, 0.717) is 0 Å². The summed E-state index contributed by atoms with van der Waals surface area (Å²) < 4.78 is 14.7. The predicted octanol–water partition coefficient (Wildman–Crippen LogP) is -1.01. The number of carbonyl (C=O) groups is 3. The molecule has 0 saturated heterocycles. The van der Waals surface area contributed by atoms with E-state index < -0.39 is 54.5 Å². The summed E-state index contributed by atoms with van der Waals surface area (Å²) in [6.07, 6.45) is -3.15. The second kappa shape index (κ2) is 9.30. The van der Waals surface area contributed by atoms with Gasteiger partial charge in [-0.3, -0.25) is 9.59 Å². The molecule has 0 amide bonds. The van der Waals surface area contributed by atoms with Crippen molar-refractivity contribution >= 4 is 17.9 Å². The number of hydrogen-bond donors (Lipinski definition) is 3. The van der Waals surface area contributed by atoms with Gasteiger partial charge in [0.25, 0.3) is 0 Å². The highest BCUT2D eigenvalue weighted by molar-refractivity contribution is 5.83. The molecule has 3 N–H and O–H groups in total. The van der Waals surface area contributed by atoms with Crippen LogP contribution in [0.1, 0.15) is 20.8 Å². The number of rotatable bonds is 7. The van der Waals surface area contributed by atoms with E-state index in [2.05, 4.69) is 0 Å². The SMILES string of the molecule is CC(=O)OC(C)C(C=CC(O)C(O)C1OC(=O)C=CC1O)OC(C)=O. The van der Waals surface area contributed by atoms with Gasteiger partial charge in [-0.05, 0) is 19.1 Å². The number of cyclic esters (lactones) is 1. The monoisotopic (exact) mass is 358 g/mol. The predicted molar refractivity (Wildman–Crippen MR) is 83.0 cm³/mol. The lowest BCUT2D eigenvalue weighted by Crippen LogP contribution is -2.47. The molecule has 1 heterocycles. The van der Waals surface area contributed by atoms with Gasteiger partial charge < -0.3 is 29.5 Å². The summed E-state index contributed by atoms with van der Waals surface area (Å²) in [6.45, 7) is 3.84. The van der Waals surface area contributed by atoms with Gasteiger partial charge in [-0.15, -0.1) is 0 Å². The molecule has 6 atom stereocenters. The zero-order valence-corrected chi connectivity index (χ0v) is 14.1. The summed E-state index contributed by atoms with van der Waals surface area (Å²) in [5.74, 6) is -1.97. The topological polar surface area (TPSA) is 140 Å². The van der Waals surface area contributed by atoms with Crippen LogP contribution < -0.4 is 0 Å². The van der Waals surface area contributed by atoms with E-state index in [1.54, 1.807) is 0 Å². The summed E-state index contributed by atoms with van der Waals surface area (Å²) in [5.41, 5.74) is 0. The van der Waals surface area contributed by atoms with E-state index in [4.69, 9.17) is 14.2 Å². The maximum atomic E-state index is 11.2. The lowest BCUT2D eigenvalue weighted by Gasteiger charge is -2.29. The molecule has 0 spiro atoms. The Morgan fingerprint density at radius 3 is 2.36 bits per heavy atom. The molecule has 0 radical (unpaired) electrons. The average Bonchev–Trinajstić information content (AvgIpc) is 2.51. The van der Waals surface area contributed by atoms with Gasteiger partial charge >= 0.3 is 17.9 Å². The Morgan fingerprint density at radius 1 is 1.20 bits per heavy atom. The Kier molecular flexibility index (Phi) is 7.75. The van der Waals surface area contributed by atoms with Crippen LogP contribution in [0, 0.1) is 0 Å². The molecule has 9 nitrogen and oxygen atoms in total. The quantitative estimate of drug-likeness (QED) is 0.297. The summed E-state index contributed by atoms with van der Waals surface area (Å²) in [7, 11) is 0. The maximum Gasteiger partial charge on any atom is 0.330 e. The molecule has 0 aliphatic carbocycles. The fourth-order valence-corrected chi connectivity index (χ4v) is 2.15. The van der Waals surface area contributed by atoms with Gasteiger partial charge in [-0.1, -0.05) is 6.08 Å². The summed E-state index contributed by atoms with van der Waals surface area (Å²) >= 11 is 0. The van der Waals surface area contributed by atoms with Gasteiger partial charge in [0, 0.05) is 19.9 Å². The van der Waals surface area contributed by atoms with E-state index in [1.807, 2.05) is 0 Å². The standard InChI is InChI=1S/C16H22O9/c1-8(23-9(2)17)13(24-10(3)18)6-4-11(19)15(22)16-12(20)5-7-14(21)25-16/h4-8,11-13,15-16,19-20,22H,1-3H3. The van der Waals surface area contributed by atoms with Crippen molar-refractivity contribution in [3.8, 4) is 0 Å². The van der Waals surface area contributed by atoms with Crippen LogP contribution in [0.4, 0.5) is 0 Å². The minimum atomic E-state index is -1.62. The van der Waals surface area contributed by atoms with Crippen LogP contribution in [0.25, 0.3) is 0 Å². The van der Waals surface area contributed by atoms with E-state index in [-0.39, 0.29) is 0 Å². The van der Waals surface area contributed by atoms with Gasteiger partial charge in [0.2, 0.25) is 0 Å². The van der Waals surface area contributed by atoms with Gasteiger partial charge in [0.05, 0.1) is 0 Å². The number of carbonyl (C=O) groups excluding carboxylic acids is 3. The normalized spacial score (nSPS) is 25.0. The molecular formula is C16H22O9. The lowest BCUT2D eigenvalue weighted by molar-refractivity contribution is -0.164. The molecule has 0 aromatic rings. The fraction of sp³-hybridized carbons (Fsp3) is 0.562. The van der Waals surface area contributed by atoms with Crippen molar-refractivity contribution in [1.82, 2.24) is 0 Å². The Balaban J connectivity index is 2.79. The highest BCUT2D eigenvalue weighted by Gasteiger charge is 2.35. The molecule has 25 heavy (non-hydrogen) atoms. The molecule has 9 heteroatoms. The summed E-state index contributed by atoms with van der Waals surface area (Å²) in [5, 5.41) is 29.8. The maximum absolute atomic E-state index is 11.2. The zero-order valence-electron chi connectivity index (χ0n) is 14.1. The highest BCUT2D eigenvalue weighted by atomic mass is 16.6. The van der Waals surface area contributed by atoms with Gasteiger partial charge in [0.15, 0.2) is 12.2 Å². The van der Waals surface area contributed by atoms with E-state index in [1.165, 1.54) is 19.9 Å². The minimum absolute atomic E-state index is 0.581. The summed E-state index contributed by atoms with van der Waals surface area (Å²) in [6, 6.07) is 0. The van der Waals surface area contributed by atoms with E-state index in [9.17, 15) is 29.7 Å². The van der Waals surface area contributed by atoms with Gasteiger partial charge in [0.1, 0.15) is 24.4 Å². The third-order valence-electron chi connectivity index (χ3n) is 3.32. The van der Waals surface area contributed by atoms with Crippen molar-refractivity contribution in [2.75, 3.05) is 0 Å². The molecule has 1 rings (SSSR count). The van der Waals surface area contributed by atoms with E-state index >= 15 is 0 Å². The molecule has 1 aliphatic rings. The number of aliphatic hydroxyl groups is 3. The third kappa shape index (κ3) is 6.65. The minimum Gasteiger partial charge on any atom is -0.459 e. The zero-order chi connectivity index (χ0) is 19.1. The first-order valence-electron chi connectivity index (χ1n) is 7.57. The molecule has 140 valence electrons. The fourth-order valence-electron chi connectivity index (χ4n) is 2.15. The first-order chi connectivity index (χ1) is 11.6. The largest absolute Gasteiger partial charge is 0.459 e. The Morgan fingerprint density at radius 2 is 1.80 bits per heavy atom. The highest BCUT2D eigenvalue weighted by Crippen LogP contribution is 2.16. The molecule has 1 aliphatic heterocycles. The van der Waals surface area contributed by atoms with Crippen LogP contribution in [0.5, 0.6) is 0 Å². The van der Waals surface area contributed by atoms with E-state index in [0.717, 1.165) is 25.2 Å². The van der Waals surface area contributed by atoms with Crippen LogP contribution >= 0.6 is 0 Å². The van der Waals surface area contributed by atoms with Crippen LogP contribution in [0.2, 0.25) is 0 Å². The first-order valence-corrected chi connectivity index (χ1v) is 7.57. The first kappa shape index (κ1) is 20.8. The lowest BCUT2D eigenvalue weighted by atomic mass is 10.00. The number of esters is 3. The summed E-state index contributed by atoms with van der Waals surface area (Å²) in [4.78, 5) is 33.3. The van der Waals surface area contributed by atoms with Crippen molar-refractivity contribution in [2.24, 2.45) is 0 Å². The van der Waals surface area contributed by atoms with Crippen LogP contribution in [0.15, 0.2) is 24.3 Å². The molecule has 0 bridgehead atoms. The molecular weight excluding hydrogens is 336 g/mol. The molecule has 6 unspecified atom stereocenters. The Labute approximate surface area is 144 Å². The smallest absolute Gasteiger partial charge is 0.330 e. The number of hydrogen-bond acceptors (Lipinski definition) is 9. The van der Waals surface area contributed by atoms with Crippen LogP contribution in [-0.2, 0) is 28.6 Å². The Bertz CT molecular complexity index is 554. The third-order valence-corrected chi connectivity index (χ3v) is 3.32. The van der Waals surface area contributed by atoms with Crippen molar-refractivity contribution in [1.29, 1.82) is 0 Å². The van der Waals surface area contributed by atoms with Crippen molar-refractivity contribution in [2.45, 2.75) is 57.4 Å². The van der Waals surface area contributed by atoms with Crippen LogP contribution in [-0.4, -0.2) is 69.9 Å². The van der Waals surface area contributed by atoms with Gasteiger partial charge in [-0.25, -0.2) is 4.79 Å². The van der Waals surface area contributed by atoms with Crippen molar-refractivity contribution in [3.05, 3.63) is 24.3 Å². The van der Waals surface area contributed by atoms with Crippen LogP contribution in [0.3, 0.4) is 0 Å². The molecule has 0 saturated carbocycles. The average molecular weight is 358 g/mol. The van der Waals surface area contributed by atoms with Crippen molar-refractivity contribution < 1.29 is 43.9 Å². The Hall–Kier alpha value is -2.23. The molecule has 0 fully saturated rings. The molecule has 0 aromatic carbocycles. The van der Waals surface area contributed by atoms with Gasteiger partial charge in [-0.2, -0.15) is 0 Å². The molecule has 0 aromatic heterocycles.